The standard InChI is InChI=1S/C10H24NO9Si2/c1-9(8-11-4-5-12)10(13)18-6-3-7-22(15,16)20-19-21(14)17-2/h9,11-12,14-16H,3-8H2,1-2H3. The molecule has 0 aromatic heterocycles. The number of ether oxygens (including phenoxy) is 1. The van der Waals surface area contributed by atoms with E-state index in [1.165, 1.54) is 7.11 Å². The number of aliphatic hydroxyl groups excluding tert-OH is 1. The van der Waals surface area contributed by atoms with Crippen LogP contribution >= 0.6 is 0 Å². The average molecular weight is 358 g/mol. The first kappa shape index (κ1) is 21.6. The topological polar surface area (TPSA) is 147 Å². The summed E-state index contributed by atoms with van der Waals surface area (Å²) in [5.41, 5.74) is 0. The monoisotopic (exact) mass is 358 g/mol. The highest BCUT2D eigenvalue weighted by Crippen LogP contribution is 2.09. The van der Waals surface area contributed by atoms with Crippen LogP contribution < -0.4 is 5.32 Å². The largest absolute Gasteiger partial charge is 0.603 e. The van der Waals surface area contributed by atoms with Crippen LogP contribution in [0.25, 0.3) is 0 Å². The van der Waals surface area contributed by atoms with Crippen molar-refractivity contribution >= 4 is 24.3 Å². The molecule has 0 amide bonds. The highest BCUT2D eigenvalue weighted by molar-refractivity contribution is 6.57. The summed E-state index contributed by atoms with van der Waals surface area (Å²) in [7, 11) is -5.53. The van der Waals surface area contributed by atoms with Crippen LogP contribution in [-0.2, 0) is 23.1 Å². The Hall–Kier alpha value is -0.416. The molecule has 0 saturated heterocycles. The van der Waals surface area contributed by atoms with Crippen LogP contribution in [0, 0.1) is 5.92 Å². The van der Waals surface area contributed by atoms with Crippen molar-refractivity contribution in [3.05, 3.63) is 0 Å². The van der Waals surface area contributed by atoms with Crippen LogP contribution in [0.2, 0.25) is 6.04 Å². The fourth-order valence-electron chi connectivity index (χ4n) is 1.28. The molecule has 22 heavy (non-hydrogen) atoms. The molecule has 0 spiro atoms. The highest BCUT2D eigenvalue weighted by Gasteiger charge is 2.35. The van der Waals surface area contributed by atoms with Gasteiger partial charge in [0.25, 0.3) is 0 Å². The third-order valence-corrected chi connectivity index (χ3v) is 4.55. The van der Waals surface area contributed by atoms with Gasteiger partial charge < -0.3 is 34.0 Å². The summed E-state index contributed by atoms with van der Waals surface area (Å²) in [6.07, 6.45) is 0.172. The number of hydrogen-bond donors (Lipinski definition) is 5. The minimum Gasteiger partial charge on any atom is -0.465 e. The molecule has 0 aliphatic heterocycles. The van der Waals surface area contributed by atoms with Crippen LogP contribution in [0.15, 0.2) is 0 Å². The van der Waals surface area contributed by atoms with E-state index in [1.807, 2.05) is 0 Å². The molecule has 0 fully saturated rings. The van der Waals surface area contributed by atoms with Crippen molar-refractivity contribution in [3.63, 3.8) is 0 Å². The average Bonchev–Trinajstić information content (AvgIpc) is 2.49. The maximum atomic E-state index is 11.6. The summed E-state index contributed by atoms with van der Waals surface area (Å²) in [5, 5.41) is 11.5. The normalized spacial score (nSPS) is 13.4. The Labute approximate surface area is 131 Å². The number of nitrogens with one attached hydrogen (secondary N) is 1. The molecular formula is C10H24NO9Si2. The third-order valence-electron chi connectivity index (χ3n) is 2.45. The first-order chi connectivity index (χ1) is 10.3. The van der Waals surface area contributed by atoms with E-state index >= 15 is 0 Å². The minimum atomic E-state index is -4.08. The van der Waals surface area contributed by atoms with Gasteiger partial charge in [-0.1, -0.05) is 6.92 Å². The number of rotatable bonds is 13. The predicted molar refractivity (Wildman–Crippen MR) is 76.8 cm³/mol. The second-order valence-corrected chi connectivity index (χ2v) is 7.74. The molecule has 0 aromatic carbocycles. The molecule has 131 valence electrons. The first-order valence-electron chi connectivity index (χ1n) is 6.71. The molecule has 10 nitrogen and oxygen atoms in total. The van der Waals surface area contributed by atoms with Gasteiger partial charge in [0.2, 0.25) is 0 Å². The Bertz CT molecular complexity index is 308. The lowest BCUT2D eigenvalue weighted by Crippen LogP contribution is -2.41. The Morgan fingerprint density at radius 1 is 1.41 bits per heavy atom. The molecule has 1 atom stereocenters. The van der Waals surface area contributed by atoms with E-state index in [4.69, 9.17) is 14.6 Å². The summed E-state index contributed by atoms with van der Waals surface area (Å²) < 4.78 is 18.0. The molecule has 0 aliphatic carbocycles. The lowest BCUT2D eigenvalue weighted by molar-refractivity contribution is -0.185. The van der Waals surface area contributed by atoms with E-state index < -0.39 is 24.3 Å². The Kier molecular flexibility index (Phi) is 11.8. The van der Waals surface area contributed by atoms with E-state index in [0.717, 1.165) is 0 Å². The van der Waals surface area contributed by atoms with Gasteiger partial charge in [-0.05, 0) is 6.42 Å². The van der Waals surface area contributed by atoms with Crippen molar-refractivity contribution in [2.75, 3.05) is 33.4 Å². The van der Waals surface area contributed by atoms with Gasteiger partial charge in [0.15, 0.2) is 0 Å². The summed E-state index contributed by atoms with van der Waals surface area (Å²) in [5.74, 6) is -0.802. The maximum absolute atomic E-state index is 11.6. The van der Waals surface area contributed by atoms with E-state index in [2.05, 4.69) is 18.9 Å². The summed E-state index contributed by atoms with van der Waals surface area (Å²) in [6.45, 7) is 2.45. The van der Waals surface area contributed by atoms with Gasteiger partial charge in [-0.15, -0.1) is 0 Å². The van der Waals surface area contributed by atoms with Crippen molar-refractivity contribution < 1.29 is 42.6 Å². The van der Waals surface area contributed by atoms with Gasteiger partial charge >= 0.3 is 24.3 Å². The van der Waals surface area contributed by atoms with Crippen molar-refractivity contribution in [1.29, 1.82) is 0 Å². The van der Waals surface area contributed by atoms with Gasteiger partial charge in [0.05, 0.1) is 19.1 Å². The molecule has 5 N–H and O–H groups in total. The quantitative estimate of drug-likeness (QED) is 0.0795. The molecular weight excluding hydrogens is 334 g/mol. The van der Waals surface area contributed by atoms with Crippen LogP contribution in [0.5, 0.6) is 0 Å². The zero-order chi connectivity index (χ0) is 17.0. The zero-order valence-electron chi connectivity index (χ0n) is 12.7. The molecule has 0 bridgehead atoms. The first-order valence-corrected chi connectivity index (χ1v) is 9.98. The van der Waals surface area contributed by atoms with Crippen molar-refractivity contribution in [2.45, 2.75) is 19.4 Å². The molecule has 0 saturated carbocycles. The fraction of sp³-hybridized carbons (Fsp3) is 0.900. The maximum Gasteiger partial charge on any atom is 0.603 e. The number of esters is 1. The van der Waals surface area contributed by atoms with Crippen LogP contribution in [0.1, 0.15) is 13.3 Å². The van der Waals surface area contributed by atoms with E-state index in [0.29, 0.717) is 13.1 Å². The number of hydrogen-bond acceptors (Lipinski definition) is 10. The minimum absolute atomic E-state index is 0.00359. The van der Waals surface area contributed by atoms with Crippen LogP contribution in [-0.4, -0.2) is 77.2 Å². The smallest absolute Gasteiger partial charge is 0.465 e. The van der Waals surface area contributed by atoms with Gasteiger partial charge in [0, 0.05) is 26.2 Å². The zero-order valence-corrected chi connectivity index (χ0v) is 14.7. The van der Waals surface area contributed by atoms with Gasteiger partial charge in [0.1, 0.15) is 0 Å². The van der Waals surface area contributed by atoms with Crippen molar-refractivity contribution in [1.82, 2.24) is 5.32 Å². The van der Waals surface area contributed by atoms with Gasteiger partial charge in [-0.25, -0.2) is 9.15 Å². The van der Waals surface area contributed by atoms with E-state index in [1.54, 1.807) is 6.92 Å². The lowest BCUT2D eigenvalue weighted by atomic mass is 10.2. The van der Waals surface area contributed by atoms with Crippen molar-refractivity contribution in [3.8, 4) is 0 Å². The van der Waals surface area contributed by atoms with E-state index in [9.17, 15) is 14.4 Å². The summed E-state index contributed by atoms with van der Waals surface area (Å²) >= 11 is 0. The van der Waals surface area contributed by atoms with E-state index in [-0.39, 0.29) is 31.6 Å². The second kappa shape index (κ2) is 12.1. The Morgan fingerprint density at radius 3 is 2.68 bits per heavy atom. The summed E-state index contributed by atoms with van der Waals surface area (Å²) in [6, 6.07) is -0.156. The molecule has 1 unspecified atom stereocenters. The molecule has 12 heteroatoms. The van der Waals surface area contributed by atoms with Crippen LogP contribution in [0.3, 0.4) is 0 Å². The Morgan fingerprint density at radius 2 is 2.09 bits per heavy atom. The molecule has 1 radical (unpaired) electrons. The Balaban J connectivity index is 3.79. The summed E-state index contributed by atoms with van der Waals surface area (Å²) in [4.78, 5) is 39.5. The fourth-order valence-corrected chi connectivity index (χ4v) is 2.85. The molecule has 0 heterocycles. The van der Waals surface area contributed by atoms with Crippen molar-refractivity contribution in [2.24, 2.45) is 5.92 Å². The molecule has 0 aromatic rings. The SMILES string of the molecule is CO[Si](O)OO[Si](O)(O)CCCOC(=O)C(C)CNCCO. The predicted octanol–water partition coefficient (Wildman–Crippen LogP) is -2.37. The highest BCUT2D eigenvalue weighted by atomic mass is 28.4. The number of carbonyl (C=O) groups is 1. The second-order valence-electron chi connectivity index (χ2n) is 4.48. The third kappa shape index (κ3) is 11.2. The molecule has 0 aliphatic rings. The number of aliphatic hydroxyl groups is 1. The number of carbonyl (C=O) groups excluding carboxylic acids is 1. The molecule has 0 rings (SSSR count). The van der Waals surface area contributed by atoms with Crippen LogP contribution in [0.4, 0.5) is 0 Å². The van der Waals surface area contributed by atoms with Gasteiger partial charge in [-0.3, -0.25) is 4.79 Å². The van der Waals surface area contributed by atoms with Gasteiger partial charge in [-0.2, -0.15) is 0 Å². The lowest BCUT2D eigenvalue weighted by Gasteiger charge is -2.17.